The van der Waals surface area contributed by atoms with Crippen LogP contribution in [-0.2, 0) is 30.7 Å². The molecule has 10 heteroatoms. The van der Waals surface area contributed by atoms with E-state index in [1.54, 1.807) is 17.5 Å². The van der Waals surface area contributed by atoms with Crippen molar-refractivity contribution in [1.29, 1.82) is 0 Å². The van der Waals surface area contributed by atoms with Crippen LogP contribution in [0.5, 0.6) is 5.75 Å². The summed E-state index contributed by atoms with van der Waals surface area (Å²) in [6, 6.07) is 7.84. The Morgan fingerprint density at radius 2 is 2.26 bits per heavy atom. The number of hydrogen-bond donors (Lipinski definition) is 2. The zero-order chi connectivity index (χ0) is 23.2. The number of aromatic nitrogens is 2. The fourth-order valence-corrected chi connectivity index (χ4v) is 5.93. The molecule has 0 saturated heterocycles. The first kappa shape index (κ1) is 21.4. The van der Waals surface area contributed by atoms with Crippen molar-refractivity contribution in [3.8, 4) is 16.9 Å². The molecule has 174 valence electrons. The van der Waals surface area contributed by atoms with Crippen LogP contribution < -0.4 is 15.4 Å². The fourth-order valence-electron chi connectivity index (χ4n) is 4.60. The average Bonchev–Trinajstić information content (AvgIpc) is 3.57. The Morgan fingerprint density at radius 3 is 3.15 bits per heavy atom. The van der Waals surface area contributed by atoms with E-state index in [2.05, 4.69) is 25.5 Å². The van der Waals surface area contributed by atoms with Gasteiger partial charge in [-0.25, -0.2) is 4.79 Å². The molecule has 34 heavy (non-hydrogen) atoms. The molecule has 0 saturated carbocycles. The molecule has 1 aromatic carbocycles. The highest BCUT2D eigenvalue weighted by atomic mass is 35.5. The number of ether oxygens (including phenoxy) is 2. The normalized spacial score (nSPS) is 16.7. The molecule has 5 heterocycles. The van der Waals surface area contributed by atoms with E-state index in [0.717, 1.165) is 74.1 Å². The molecule has 0 radical (unpaired) electrons. The van der Waals surface area contributed by atoms with Gasteiger partial charge < -0.3 is 24.6 Å². The van der Waals surface area contributed by atoms with Gasteiger partial charge in [0.2, 0.25) is 0 Å². The lowest BCUT2D eigenvalue weighted by atomic mass is 9.99. The number of nitrogens with zero attached hydrogens (tertiary/aromatic N) is 2. The molecule has 2 aliphatic heterocycles. The second-order valence-corrected chi connectivity index (χ2v) is 9.85. The number of thiophene rings is 1. The third-order valence-corrected chi connectivity index (χ3v) is 7.55. The molecule has 2 aliphatic rings. The molecule has 0 aliphatic carbocycles. The number of carbonyl (C=O) groups excluding carboxylic acids is 1. The van der Waals surface area contributed by atoms with E-state index in [-0.39, 0.29) is 6.10 Å². The summed E-state index contributed by atoms with van der Waals surface area (Å²) in [4.78, 5) is 17.0. The summed E-state index contributed by atoms with van der Waals surface area (Å²) in [5.74, 6) is 1.59. The van der Waals surface area contributed by atoms with Gasteiger partial charge in [-0.05, 0) is 24.3 Å². The van der Waals surface area contributed by atoms with E-state index >= 15 is 0 Å². The van der Waals surface area contributed by atoms with Crippen LogP contribution >= 0.6 is 22.9 Å². The van der Waals surface area contributed by atoms with Crippen LogP contribution in [-0.4, -0.2) is 29.9 Å². The minimum absolute atomic E-state index is 0.246. The van der Waals surface area contributed by atoms with E-state index in [1.807, 2.05) is 24.3 Å². The lowest BCUT2D eigenvalue weighted by Crippen LogP contribution is -2.24. The topological polar surface area (TPSA) is 98.5 Å². The van der Waals surface area contributed by atoms with Crippen molar-refractivity contribution in [3.05, 3.63) is 62.9 Å². The molecule has 0 spiro atoms. The highest BCUT2D eigenvalue weighted by Crippen LogP contribution is 2.48. The summed E-state index contributed by atoms with van der Waals surface area (Å²) in [7, 11) is 1.35. The number of fused-ring (bicyclic) bond motifs is 3. The summed E-state index contributed by atoms with van der Waals surface area (Å²) < 4.78 is 17.9. The van der Waals surface area contributed by atoms with Crippen LogP contribution in [0.3, 0.4) is 0 Å². The molecular formula is C24H21ClN4O4S. The second-order valence-electron chi connectivity index (χ2n) is 8.28. The maximum atomic E-state index is 11.5. The Bertz CT molecular complexity index is 1420. The lowest BCUT2D eigenvalue weighted by Gasteiger charge is -2.15. The molecule has 1 atom stereocenters. The highest BCUT2D eigenvalue weighted by molar-refractivity contribution is 7.19. The predicted molar refractivity (Wildman–Crippen MR) is 128 cm³/mol. The molecule has 0 unspecified atom stereocenters. The number of methoxy groups -OCH3 is 1. The van der Waals surface area contributed by atoms with Crippen LogP contribution in [0.1, 0.15) is 33.6 Å². The first-order valence-corrected chi connectivity index (χ1v) is 12.2. The third kappa shape index (κ3) is 3.70. The molecule has 3 aromatic heterocycles. The second kappa shape index (κ2) is 8.57. The van der Waals surface area contributed by atoms with Crippen molar-refractivity contribution in [2.75, 3.05) is 13.7 Å². The number of alkyl carbamates (subject to hydrolysis) is 1. The van der Waals surface area contributed by atoms with E-state index in [9.17, 15) is 4.79 Å². The molecule has 1 amide bonds. The van der Waals surface area contributed by atoms with Crippen molar-refractivity contribution >= 4 is 39.2 Å². The average molecular weight is 497 g/mol. The number of amides is 1. The number of hydrogen-bond acceptors (Lipinski definition) is 8. The SMILES string of the molecule is COC(=O)NCc1cc2nccc(-c3cc(Cl)cc4c3O[C@@H](c3onc5c3CNCC5)C4)c2s1. The molecule has 8 nitrogen and oxygen atoms in total. The molecule has 4 aromatic rings. The van der Waals surface area contributed by atoms with Gasteiger partial charge in [-0.2, -0.15) is 0 Å². The Balaban J connectivity index is 1.37. The van der Waals surface area contributed by atoms with Gasteiger partial charge in [0.25, 0.3) is 0 Å². The number of nitrogens with one attached hydrogen (secondary N) is 2. The zero-order valence-electron chi connectivity index (χ0n) is 18.3. The summed E-state index contributed by atoms with van der Waals surface area (Å²) in [5, 5.41) is 11.0. The standard InChI is InChI=1S/C24H21ClN4O4S/c1-31-24(30)28-10-14-9-19-23(34-14)15(2-5-27-19)16-8-13(25)6-12-7-20(32-21(12)16)22-17-11-26-4-3-18(17)29-33-22/h2,5-6,8-9,20,26H,3-4,7,10-11H2,1H3,(H,28,30)/t20-/m1/s1. The number of pyridine rings is 1. The predicted octanol–water partition coefficient (Wildman–Crippen LogP) is 4.78. The summed E-state index contributed by atoms with van der Waals surface area (Å²) >= 11 is 8.12. The van der Waals surface area contributed by atoms with Crippen molar-refractivity contribution < 1.29 is 18.8 Å². The van der Waals surface area contributed by atoms with Crippen molar-refractivity contribution in [2.45, 2.75) is 32.0 Å². The summed E-state index contributed by atoms with van der Waals surface area (Å²) in [5.41, 5.74) is 5.90. The van der Waals surface area contributed by atoms with Crippen LogP contribution in [0.4, 0.5) is 4.79 Å². The minimum atomic E-state index is -0.470. The van der Waals surface area contributed by atoms with E-state index in [1.165, 1.54) is 7.11 Å². The number of benzene rings is 1. The molecule has 2 N–H and O–H groups in total. The lowest BCUT2D eigenvalue weighted by molar-refractivity contribution is 0.170. The quantitative estimate of drug-likeness (QED) is 0.419. The van der Waals surface area contributed by atoms with Crippen molar-refractivity contribution in [3.63, 3.8) is 0 Å². The van der Waals surface area contributed by atoms with E-state index in [4.69, 9.17) is 20.9 Å². The third-order valence-electron chi connectivity index (χ3n) is 6.17. The number of halogens is 1. The smallest absolute Gasteiger partial charge is 0.407 e. The summed E-state index contributed by atoms with van der Waals surface area (Å²) in [6.07, 6.45) is 2.58. The zero-order valence-corrected chi connectivity index (χ0v) is 19.9. The monoisotopic (exact) mass is 496 g/mol. The van der Waals surface area contributed by atoms with Gasteiger partial charge in [-0.3, -0.25) is 4.98 Å². The highest BCUT2D eigenvalue weighted by Gasteiger charge is 2.34. The summed E-state index contributed by atoms with van der Waals surface area (Å²) in [6.45, 7) is 2.00. The Hall–Kier alpha value is -3.14. The van der Waals surface area contributed by atoms with Crippen LogP contribution in [0.15, 0.2) is 35.0 Å². The minimum Gasteiger partial charge on any atom is -0.481 e. The van der Waals surface area contributed by atoms with Gasteiger partial charge in [-0.1, -0.05) is 16.8 Å². The maximum Gasteiger partial charge on any atom is 0.407 e. The molecule has 0 fully saturated rings. The van der Waals surface area contributed by atoms with Crippen LogP contribution in [0, 0.1) is 0 Å². The molecule has 6 rings (SSSR count). The van der Waals surface area contributed by atoms with Gasteiger partial charge in [-0.15, -0.1) is 11.3 Å². The van der Waals surface area contributed by atoms with Crippen molar-refractivity contribution in [1.82, 2.24) is 20.8 Å². The van der Waals surface area contributed by atoms with Crippen LogP contribution in [0.25, 0.3) is 21.3 Å². The van der Waals surface area contributed by atoms with Gasteiger partial charge in [0.1, 0.15) is 5.75 Å². The van der Waals surface area contributed by atoms with Gasteiger partial charge in [0.15, 0.2) is 11.9 Å². The van der Waals surface area contributed by atoms with Crippen molar-refractivity contribution in [2.24, 2.45) is 0 Å². The van der Waals surface area contributed by atoms with Gasteiger partial charge in [0, 0.05) is 64.3 Å². The van der Waals surface area contributed by atoms with E-state index in [0.29, 0.717) is 18.0 Å². The first-order chi connectivity index (χ1) is 16.6. The van der Waals surface area contributed by atoms with E-state index < -0.39 is 6.09 Å². The van der Waals surface area contributed by atoms with Gasteiger partial charge >= 0.3 is 6.09 Å². The van der Waals surface area contributed by atoms with Gasteiger partial charge in [0.05, 0.1) is 29.6 Å². The first-order valence-electron chi connectivity index (χ1n) is 11.0. The number of carbonyl (C=O) groups is 1. The molecule has 0 bridgehead atoms. The largest absolute Gasteiger partial charge is 0.481 e. The molecular weight excluding hydrogens is 476 g/mol. The fraction of sp³-hybridized carbons (Fsp3) is 0.292. The Morgan fingerprint density at radius 1 is 1.35 bits per heavy atom. The Kier molecular flexibility index (Phi) is 5.40. The van der Waals surface area contributed by atoms with Crippen LogP contribution in [0.2, 0.25) is 5.02 Å². The Labute approximate surface area is 204 Å². The maximum absolute atomic E-state index is 11.5. The number of rotatable bonds is 4.